The van der Waals surface area contributed by atoms with Crippen molar-refractivity contribution in [1.29, 1.82) is 0 Å². The van der Waals surface area contributed by atoms with Crippen molar-refractivity contribution in [3.63, 3.8) is 0 Å². The highest BCUT2D eigenvalue weighted by Gasteiger charge is 2.21. The maximum atomic E-state index is 12.3. The number of nitrogens with two attached hydrogens (primary N) is 1. The van der Waals surface area contributed by atoms with Crippen LogP contribution in [0.2, 0.25) is 0 Å². The van der Waals surface area contributed by atoms with Crippen molar-refractivity contribution < 1.29 is 13.2 Å². The number of hydrogen-bond acceptors (Lipinski definition) is 3. The smallest absolute Gasteiger partial charge is 0.254 e. The molecule has 1 aromatic carbocycles. The molecule has 1 rings (SSSR count). The molecule has 19 heavy (non-hydrogen) atoms. The number of rotatable bonds is 5. The molecule has 0 aliphatic carbocycles. The van der Waals surface area contributed by atoms with E-state index in [9.17, 15) is 13.2 Å². The largest absolute Gasteiger partial charge is 0.341 e. The van der Waals surface area contributed by atoms with E-state index in [4.69, 9.17) is 5.14 Å². The van der Waals surface area contributed by atoms with Gasteiger partial charge in [-0.2, -0.15) is 0 Å². The Morgan fingerprint density at radius 3 is 2.47 bits per heavy atom. The number of primary sulfonamides is 1. The molecule has 5 nitrogen and oxygen atoms in total. The van der Waals surface area contributed by atoms with Crippen molar-refractivity contribution >= 4 is 15.9 Å². The lowest BCUT2D eigenvalue weighted by molar-refractivity contribution is 0.0771. The first-order valence-corrected chi connectivity index (χ1v) is 7.69. The topological polar surface area (TPSA) is 80.5 Å². The van der Waals surface area contributed by atoms with E-state index in [0.717, 1.165) is 6.42 Å². The molecule has 0 fully saturated rings. The van der Waals surface area contributed by atoms with Crippen LogP contribution in [0.4, 0.5) is 0 Å². The van der Waals surface area contributed by atoms with Crippen LogP contribution >= 0.6 is 0 Å². The predicted molar refractivity (Wildman–Crippen MR) is 74.2 cm³/mol. The second-order valence-electron chi connectivity index (χ2n) is 4.74. The number of nitrogens with zero attached hydrogens (tertiary/aromatic N) is 1. The number of carbonyl (C=O) groups excluding carboxylic acids is 1. The van der Waals surface area contributed by atoms with Gasteiger partial charge in [0.2, 0.25) is 10.0 Å². The highest BCUT2D eigenvalue weighted by Crippen LogP contribution is 2.16. The van der Waals surface area contributed by atoms with E-state index < -0.39 is 10.0 Å². The van der Waals surface area contributed by atoms with Crippen molar-refractivity contribution in [3.8, 4) is 0 Å². The van der Waals surface area contributed by atoms with Gasteiger partial charge in [0.15, 0.2) is 0 Å². The standard InChI is InChI=1S/C13H20N2O3S/c1-4-10(2)9-15(3)13(16)11-7-5-6-8-12(11)19(14,17)18/h5-8,10H,4,9H2,1-3H3,(H2,14,17,18). The molecule has 1 aromatic rings. The quantitative estimate of drug-likeness (QED) is 0.888. The molecular formula is C13H20N2O3S. The van der Waals surface area contributed by atoms with Crippen molar-refractivity contribution in [2.45, 2.75) is 25.2 Å². The lowest BCUT2D eigenvalue weighted by atomic mass is 10.1. The molecule has 0 aliphatic heterocycles. The molecule has 0 aromatic heterocycles. The molecular weight excluding hydrogens is 264 g/mol. The molecule has 0 aliphatic rings. The molecule has 1 atom stereocenters. The Kier molecular flexibility index (Phi) is 5.08. The normalized spacial score (nSPS) is 13.1. The number of amides is 1. The van der Waals surface area contributed by atoms with Gasteiger partial charge in [0.25, 0.3) is 5.91 Å². The maximum Gasteiger partial charge on any atom is 0.254 e. The van der Waals surface area contributed by atoms with Gasteiger partial charge in [-0.1, -0.05) is 32.4 Å². The number of carbonyl (C=O) groups is 1. The predicted octanol–water partition coefficient (Wildman–Crippen LogP) is 1.45. The fraction of sp³-hybridized carbons (Fsp3) is 0.462. The summed E-state index contributed by atoms with van der Waals surface area (Å²) in [6.07, 6.45) is 0.953. The van der Waals surface area contributed by atoms with Crippen LogP contribution in [-0.2, 0) is 10.0 Å². The molecule has 0 bridgehead atoms. The second-order valence-corrected chi connectivity index (χ2v) is 6.27. The summed E-state index contributed by atoms with van der Waals surface area (Å²) in [5, 5.41) is 5.12. The summed E-state index contributed by atoms with van der Waals surface area (Å²) in [6.45, 7) is 4.66. The molecule has 106 valence electrons. The average Bonchev–Trinajstić information content (AvgIpc) is 2.36. The van der Waals surface area contributed by atoms with Crippen LogP contribution in [0.3, 0.4) is 0 Å². The molecule has 0 saturated carbocycles. The van der Waals surface area contributed by atoms with Crippen LogP contribution in [0.1, 0.15) is 30.6 Å². The number of benzene rings is 1. The minimum Gasteiger partial charge on any atom is -0.341 e. The minimum atomic E-state index is -3.89. The van der Waals surface area contributed by atoms with Gasteiger partial charge < -0.3 is 4.90 Å². The summed E-state index contributed by atoms with van der Waals surface area (Å²) in [5.74, 6) is 0.0283. The molecule has 1 amide bonds. The Morgan fingerprint density at radius 1 is 1.37 bits per heavy atom. The van der Waals surface area contributed by atoms with Crippen LogP contribution in [0.5, 0.6) is 0 Å². The zero-order chi connectivity index (χ0) is 14.6. The van der Waals surface area contributed by atoms with Crippen LogP contribution in [0.25, 0.3) is 0 Å². The third kappa shape index (κ3) is 4.04. The minimum absolute atomic E-state index is 0.121. The van der Waals surface area contributed by atoms with Gasteiger partial charge in [0.05, 0.1) is 10.5 Å². The first-order chi connectivity index (χ1) is 8.77. The van der Waals surface area contributed by atoms with Gasteiger partial charge in [-0.15, -0.1) is 0 Å². The Morgan fingerprint density at radius 2 is 1.95 bits per heavy atom. The zero-order valence-electron chi connectivity index (χ0n) is 11.5. The van der Waals surface area contributed by atoms with E-state index in [0.29, 0.717) is 12.5 Å². The van der Waals surface area contributed by atoms with Crippen LogP contribution in [-0.4, -0.2) is 32.8 Å². The van der Waals surface area contributed by atoms with Crippen molar-refractivity contribution in [2.75, 3.05) is 13.6 Å². The van der Waals surface area contributed by atoms with Crippen LogP contribution in [0.15, 0.2) is 29.2 Å². The van der Waals surface area contributed by atoms with Crippen LogP contribution < -0.4 is 5.14 Å². The van der Waals surface area contributed by atoms with Gasteiger partial charge in [-0.3, -0.25) is 4.79 Å². The molecule has 2 N–H and O–H groups in total. The molecule has 0 spiro atoms. The summed E-state index contributed by atoms with van der Waals surface area (Å²) in [7, 11) is -2.23. The molecule has 0 radical (unpaired) electrons. The highest BCUT2D eigenvalue weighted by molar-refractivity contribution is 7.89. The summed E-state index contributed by atoms with van der Waals surface area (Å²) >= 11 is 0. The molecule has 1 unspecified atom stereocenters. The summed E-state index contributed by atoms with van der Waals surface area (Å²) < 4.78 is 22.9. The monoisotopic (exact) mass is 284 g/mol. The van der Waals surface area contributed by atoms with Crippen molar-refractivity contribution in [3.05, 3.63) is 29.8 Å². The highest BCUT2D eigenvalue weighted by atomic mass is 32.2. The van der Waals surface area contributed by atoms with Gasteiger partial charge in [0, 0.05) is 13.6 Å². The Labute approximate surface area is 114 Å². The van der Waals surface area contributed by atoms with Crippen molar-refractivity contribution in [2.24, 2.45) is 11.1 Å². The van der Waals surface area contributed by atoms with E-state index >= 15 is 0 Å². The Balaban J connectivity index is 3.07. The van der Waals surface area contributed by atoms with Crippen molar-refractivity contribution in [1.82, 2.24) is 4.90 Å². The second kappa shape index (κ2) is 6.16. The fourth-order valence-electron chi connectivity index (χ4n) is 1.78. The summed E-state index contributed by atoms with van der Waals surface area (Å²) in [4.78, 5) is 13.7. The van der Waals surface area contributed by atoms with E-state index in [1.165, 1.54) is 17.0 Å². The third-order valence-electron chi connectivity index (χ3n) is 3.05. The average molecular weight is 284 g/mol. The molecule has 6 heteroatoms. The lowest BCUT2D eigenvalue weighted by Gasteiger charge is -2.21. The Bertz CT molecular complexity index is 555. The first-order valence-electron chi connectivity index (χ1n) is 6.14. The summed E-state index contributed by atoms with van der Waals surface area (Å²) in [5.41, 5.74) is 0.121. The van der Waals surface area contributed by atoms with Crippen LogP contribution in [0, 0.1) is 5.92 Å². The number of sulfonamides is 1. The number of hydrogen-bond donors (Lipinski definition) is 1. The fourth-order valence-corrected chi connectivity index (χ4v) is 2.51. The van der Waals surface area contributed by atoms with E-state index in [1.807, 2.05) is 13.8 Å². The van der Waals surface area contributed by atoms with E-state index in [1.54, 1.807) is 19.2 Å². The Hall–Kier alpha value is -1.40. The molecule has 0 saturated heterocycles. The first kappa shape index (κ1) is 15.7. The lowest BCUT2D eigenvalue weighted by Crippen LogP contribution is -2.32. The zero-order valence-corrected chi connectivity index (χ0v) is 12.3. The van der Waals surface area contributed by atoms with Gasteiger partial charge in [-0.05, 0) is 18.1 Å². The van der Waals surface area contributed by atoms with Gasteiger partial charge in [-0.25, -0.2) is 13.6 Å². The SMILES string of the molecule is CCC(C)CN(C)C(=O)c1ccccc1S(N)(=O)=O. The van der Waals surface area contributed by atoms with Gasteiger partial charge >= 0.3 is 0 Å². The maximum absolute atomic E-state index is 12.3. The van der Waals surface area contributed by atoms with E-state index in [2.05, 4.69) is 0 Å². The van der Waals surface area contributed by atoms with E-state index in [-0.39, 0.29) is 16.4 Å². The summed E-state index contributed by atoms with van der Waals surface area (Å²) in [6, 6.07) is 6.00. The van der Waals surface area contributed by atoms with Gasteiger partial charge in [0.1, 0.15) is 0 Å². The molecule has 0 heterocycles. The third-order valence-corrected chi connectivity index (χ3v) is 4.02.